The Labute approximate surface area is 120 Å². The summed E-state index contributed by atoms with van der Waals surface area (Å²) in [5.41, 5.74) is 6.22. The number of rotatable bonds is 3. The van der Waals surface area contributed by atoms with Crippen LogP contribution in [0.2, 0.25) is 5.02 Å². The molecule has 1 atom stereocenters. The molecule has 0 radical (unpaired) electrons. The van der Waals surface area contributed by atoms with Crippen molar-refractivity contribution >= 4 is 45.9 Å². The number of thioether (sulfide) groups is 1. The van der Waals surface area contributed by atoms with Gasteiger partial charge in [0, 0.05) is 31.8 Å². The Hall–Kier alpha value is -1.27. The molecule has 2 heterocycles. The molecule has 2 N–H and O–H groups in total. The Morgan fingerprint density at radius 3 is 3.05 bits per heavy atom. The van der Waals surface area contributed by atoms with E-state index in [2.05, 4.69) is 4.98 Å². The van der Waals surface area contributed by atoms with Crippen molar-refractivity contribution in [3.8, 4) is 0 Å². The first-order valence-corrected chi connectivity index (χ1v) is 7.18. The molecule has 0 bridgehead atoms. The first-order valence-electron chi connectivity index (χ1n) is 5.82. The lowest BCUT2D eigenvalue weighted by Gasteiger charge is -2.17. The second-order valence-electron chi connectivity index (χ2n) is 4.44. The number of amides is 1. The second kappa shape index (κ2) is 5.79. The van der Waals surface area contributed by atoms with Crippen LogP contribution >= 0.6 is 23.4 Å². The quantitative estimate of drug-likeness (QED) is 0.923. The van der Waals surface area contributed by atoms with Crippen molar-refractivity contribution in [2.45, 2.75) is 13.3 Å². The predicted octanol–water partition coefficient (Wildman–Crippen LogP) is 1.95. The van der Waals surface area contributed by atoms with Gasteiger partial charge in [0.25, 0.3) is 0 Å². The molecule has 0 aliphatic carbocycles. The summed E-state index contributed by atoms with van der Waals surface area (Å²) in [6.07, 6.45) is 1.89. The number of halogens is 1. The molecule has 0 spiro atoms. The predicted molar refractivity (Wildman–Crippen MR) is 77.3 cm³/mol. The minimum absolute atomic E-state index is 0.0179. The van der Waals surface area contributed by atoms with Gasteiger partial charge in [0.2, 0.25) is 5.91 Å². The zero-order valence-corrected chi connectivity index (χ0v) is 12.0. The molecule has 1 aliphatic heterocycles. The van der Waals surface area contributed by atoms with Gasteiger partial charge in [-0.25, -0.2) is 4.98 Å². The molecule has 0 aromatic carbocycles. The van der Waals surface area contributed by atoms with Gasteiger partial charge in [-0.1, -0.05) is 23.4 Å². The van der Waals surface area contributed by atoms with Crippen LogP contribution in [0.4, 0.5) is 11.5 Å². The van der Waals surface area contributed by atoms with Crippen LogP contribution in [0.3, 0.4) is 0 Å². The van der Waals surface area contributed by atoms with Gasteiger partial charge >= 0.3 is 0 Å². The zero-order valence-electron chi connectivity index (χ0n) is 10.4. The first kappa shape index (κ1) is 14.1. The molecule has 1 fully saturated rings. The second-order valence-corrected chi connectivity index (χ2v) is 6.08. The van der Waals surface area contributed by atoms with Crippen molar-refractivity contribution in [3.63, 3.8) is 0 Å². The Morgan fingerprint density at radius 2 is 2.42 bits per heavy atom. The van der Waals surface area contributed by atoms with Crippen LogP contribution in [0, 0.1) is 5.92 Å². The SMILES string of the molecule is CC(=O)SCC1CC(=O)N(c2ncc(Cl)cc2N)C1. The van der Waals surface area contributed by atoms with Gasteiger partial charge in [-0.15, -0.1) is 0 Å². The molecule has 102 valence electrons. The minimum Gasteiger partial charge on any atom is -0.396 e. The fraction of sp³-hybridized carbons (Fsp3) is 0.417. The van der Waals surface area contributed by atoms with E-state index in [-0.39, 0.29) is 16.9 Å². The number of nitrogens with zero attached hydrogens (tertiary/aromatic N) is 2. The van der Waals surface area contributed by atoms with Crippen molar-refractivity contribution in [1.29, 1.82) is 0 Å². The maximum absolute atomic E-state index is 12.0. The molecule has 0 saturated carbocycles. The van der Waals surface area contributed by atoms with E-state index in [1.807, 2.05) is 0 Å². The van der Waals surface area contributed by atoms with E-state index in [4.69, 9.17) is 17.3 Å². The molecule has 19 heavy (non-hydrogen) atoms. The third-order valence-corrected chi connectivity index (χ3v) is 4.10. The van der Waals surface area contributed by atoms with Gasteiger partial charge in [0.15, 0.2) is 10.9 Å². The van der Waals surface area contributed by atoms with Crippen LogP contribution in [0.25, 0.3) is 0 Å². The van der Waals surface area contributed by atoms with E-state index in [0.29, 0.717) is 35.2 Å². The Balaban J connectivity index is 2.09. The van der Waals surface area contributed by atoms with Gasteiger partial charge in [-0.3, -0.25) is 14.5 Å². The van der Waals surface area contributed by atoms with Crippen molar-refractivity contribution in [3.05, 3.63) is 17.3 Å². The summed E-state index contributed by atoms with van der Waals surface area (Å²) in [6, 6.07) is 1.58. The number of hydrogen-bond donors (Lipinski definition) is 1. The van der Waals surface area contributed by atoms with Crippen LogP contribution in [0.15, 0.2) is 12.3 Å². The van der Waals surface area contributed by atoms with E-state index in [0.717, 1.165) is 0 Å². The third-order valence-electron chi connectivity index (χ3n) is 2.84. The van der Waals surface area contributed by atoms with Crippen LogP contribution < -0.4 is 10.6 Å². The molecular formula is C12H14ClN3O2S. The summed E-state index contributed by atoms with van der Waals surface area (Å²) in [4.78, 5) is 28.6. The topological polar surface area (TPSA) is 76.3 Å². The van der Waals surface area contributed by atoms with Crippen molar-refractivity contribution in [1.82, 2.24) is 4.98 Å². The molecule has 2 rings (SSSR count). The monoisotopic (exact) mass is 299 g/mol. The standard InChI is InChI=1S/C12H14ClN3O2S/c1-7(17)19-6-8-2-11(18)16(5-8)12-10(14)3-9(13)4-15-12/h3-4,8H,2,5-6,14H2,1H3. The van der Waals surface area contributed by atoms with E-state index >= 15 is 0 Å². The smallest absolute Gasteiger partial charge is 0.228 e. The number of aromatic nitrogens is 1. The molecule has 7 heteroatoms. The number of nitrogen functional groups attached to an aromatic ring is 1. The Kier molecular flexibility index (Phi) is 4.31. The summed E-state index contributed by atoms with van der Waals surface area (Å²) in [5, 5.41) is 0.506. The fourth-order valence-electron chi connectivity index (χ4n) is 2.01. The van der Waals surface area contributed by atoms with E-state index in [1.165, 1.54) is 24.9 Å². The van der Waals surface area contributed by atoms with Crippen LogP contribution in [-0.4, -0.2) is 28.3 Å². The Bertz CT molecular complexity index is 524. The maximum Gasteiger partial charge on any atom is 0.228 e. The van der Waals surface area contributed by atoms with Crippen LogP contribution in [-0.2, 0) is 9.59 Å². The molecule has 1 aromatic rings. The van der Waals surface area contributed by atoms with Crippen LogP contribution in [0.5, 0.6) is 0 Å². The number of pyridine rings is 1. The summed E-state index contributed by atoms with van der Waals surface area (Å²) in [5.74, 6) is 1.23. The molecule has 1 aliphatic rings. The average Bonchev–Trinajstić information content (AvgIpc) is 2.68. The first-order chi connectivity index (χ1) is 8.97. The highest BCUT2D eigenvalue weighted by atomic mass is 35.5. The highest BCUT2D eigenvalue weighted by Crippen LogP contribution is 2.30. The number of hydrogen-bond acceptors (Lipinski definition) is 5. The molecule has 5 nitrogen and oxygen atoms in total. The summed E-state index contributed by atoms with van der Waals surface area (Å²) in [7, 11) is 0. The number of carbonyl (C=O) groups is 2. The largest absolute Gasteiger partial charge is 0.396 e. The summed E-state index contributed by atoms with van der Waals surface area (Å²) in [6.45, 7) is 2.07. The van der Waals surface area contributed by atoms with Crippen LogP contribution in [0.1, 0.15) is 13.3 Å². The minimum atomic E-state index is -0.0179. The Morgan fingerprint density at radius 1 is 1.68 bits per heavy atom. The zero-order chi connectivity index (χ0) is 14.0. The molecular weight excluding hydrogens is 286 g/mol. The summed E-state index contributed by atoms with van der Waals surface area (Å²) >= 11 is 7.03. The third kappa shape index (κ3) is 3.39. The van der Waals surface area contributed by atoms with Crippen molar-refractivity contribution < 1.29 is 9.59 Å². The van der Waals surface area contributed by atoms with Gasteiger partial charge in [-0.05, 0) is 12.0 Å². The molecule has 1 aromatic heterocycles. The number of nitrogens with two attached hydrogens (primary N) is 1. The summed E-state index contributed by atoms with van der Waals surface area (Å²) < 4.78 is 0. The normalized spacial score (nSPS) is 18.9. The van der Waals surface area contributed by atoms with Crippen molar-refractivity contribution in [2.24, 2.45) is 5.92 Å². The fourth-order valence-corrected chi connectivity index (χ4v) is 2.87. The lowest BCUT2D eigenvalue weighted by atomic mass is 10.1. The van der Waals surface area contributed by atoms with E-state index < -0.39 is 0 Å². The average molecular weight is 300 g/mol. The highest BCUT2D eigenvalue weighted by Gasteiger charge is 2.32. The maximum atomic E-state index is 12.0. The number of carbonyl (C=O) groups excluding carboxylic acids is 2. The number of anilines is 2. The van der Waals surface area contributed by atoms with Gasteiger partial charge in [0.1, 0.15) is 0 Å². The van der Waals surface area contributed by atoms with Gasteiger partial charge in [-0.2, -0.15) is 0 Å². The molecule has 1 saturated heterocycles. The van der Waals surface area contributed by atoms with Crippen molar-refractivity contribution in [2.75, 3.05) is 22.9 Å². The molecule has 1 unspecified atom stereocenters. The highest BCUT2D eigenvalue weighted by molar-refractivity contribution is 8.13. The molecule has 1 amide bonds. The van der Waals surface area contributed by atoms with Gasteiger partial charge in [0.05, 0.1) is 10.7 Å². The van der Waals surface area contributed by atoms with E-state index in [1.54, 1.807) is 11.0 Å². The van der Waals surface area contributed by atoms with E-state index in [9.17, 15) is 9.59 Å². The lowest BCUT2D eigenvalue weighted by Crippen LogP contribution is -2.26. The van der Waals surface area contributed by atoms with Gasteiger partial charge < -0.3 is 5.73 Å². The lowest BCUT2D eigenvalue weighted by molar-refractivity contribution is -0.117.